The van der Waals surface area contributed by atoms with Crippen LogP contribution in [0.1, 0.15) is 65.2 Å². The van der Waals surface area contributed by atoms with E-state index in [1.54, 1.807) is 0 Å². The maximum atomic E-state index is 12.1. The zero-order valence-electron chi connectivity index (χ0n) is 12.9. The van der Waals surface area contributed by atoms with Crippen molar-refractivity contribution in [3.63, 3.8) is 0 Å². The van der Waals surface area contributed by atoms with Crippen molar-refractivity contribution in [1.29, 1.82) is 0 Å². The fourth-order valence-electron chi connectivity index (χ4n) is 3.53. The molecule has 0 saturated heterocycles. The van der Waals surface area contributed by atoms with E-state index in [-0.39, 0.29) is 18.2 Å². The molecule has 0 heterocycles. The summed E-state index contributed by atoms with van der Waals surface area (Å²) in [5.74, 6) is -1.20. The molecule has 3 unspecified atom stereocenters. The Labute approximate surface area is 122 Å². The molecule has 0 aromatic heterocycles. The maximum Gasteiger partial charge on any atom is 0.310 e. The van der Waals surface area contributed by atoms with E-state index in [2.05, 4.69) is 6.92 Å². The standard InChI is InChI=1S/C16H29NO3/c1-3-4-5-6-7-8-13(14(18)11-17)16(15(19)20)10-9-12(16)2/h12-13H,3-11,17H2,1-2H3,(H,19,20). The van der Waals surface area contributed by atoms with Crippen LogP contribution >= 0.6 is 0 Å². The lowest BCUT2D eigenvalue weighted by molar-refractivity contribution is -0.171. The predicted octanol–water partition coefficient (Wildman–Crippen LogP) is 2.99. The van der Waals surface area contributed by atoms with Crippen molar-refractivity contribution in [2.24, 2.45) is 23.0 Å². The first-order valence-corrected chi connectivity index (χ1v) is 7.96. The summed E-state index contributed by atoms with van der Waals surface area (Å²) in [5, 5.41) is 9.62. The van der Waals surface area contributed by atoms with Crippen LogP contribution in [0.5, 0.6) is 0 Å². The van der Waals surface area contributed by atoms with Crippen LogP contribution in [0.2, 0.25) is 0 Å². The number of nitrogens with two attached hydrogens (primary N) is 1. The Morgan fingerprint density at radius 3 is 2.35 bits per heavy atom. The monoisotopic (exact) mass is 283 g/mol. The summed E-state index contributed by atoms with van der Waals surface area (Å²) in [6, 6.07) is 0. The molecule has 0 aliphatic heterocycles. The number of aliphatic carboxylic acids is 1. The van der Waals surface area contributed by atoms with Crippen molar-refractivity contribution in [3.05, 3.63) is 0 Å². The topological polar surface area (TPSA) is 80.4 Å². The van der Waals surface area contributed by atoms with E-state index in [0.717, 1.165) is 25.7 Å². The Morgan fingerprint density at radius 2 is 1.95 bits per heavy atom. The lowest BCUT2D eigenvalue weighted by atomic mass is 9.53. The van der Waals surface area contributed by atoms with Gasteiger partial charge in [-0.15, -0.1) is 0 Å². The van der Waals surface area contributed by atoms with E-state index >= 15 is 0 Å². The number of rotatable bonds is 10. The van der Waals surface area contributed by atoms with Gasteiger partial charge >= 0.3 is 5.97 Å². The number of ketones is 1. The molecular weight excluding hydrogens is 254 g/mol. The molecule has 4 nitrogen and oxygen atoms in total. The minimum atomic E-state index is -0.846. The first kappa shape index (κ1) is 17.2. The largest absolute Gasteiger partial charge is 0.481 e. The summed E-state index contributed by atoms with van der Waals surface area (Å²) in [6.45, 7) is 4.07. The molecule has 1 rings (SSSR count). The number of carbonyl (C=O) groups is 2. The number of hydrogen-bond acceptors (Lipinski definition) is 3. The number of Topliss-reactive ketones (excluding diaryl/α,β-unsaturated/α-hetero) is 1. The Kier molecular flexibility index (Phi) is 6.66. The second-order valence-corrected chi connectivity index (χ2v) is 6.21. The van der Waals surface area contributed by atoms with E-state index in [0.29, 0.717) is 12.8 Å². The van der Waals surface area contributed by atoms with Crippen LogP contribution in [0.4, 0.5) is 0 Å². The van der Waals surface area contributed by atoms with Crippen LogP contribution in [0.25, 0.3) is 0 Å². The molecule has 1 aliphatic carbocycles. The van der Waals surface area contributed by atoms with Crippen LogP contribution in [0.3, 0.4) is 0 Å². The van der Waals surface area contributed by atoms with E-state index in [9.17, 15) is 14.7 Å². The number of carbonyl (C=O) groups excluding carboxylic acids is 1. The number of unbranched alkanes of at least 4 members (excludes halogenated alkanes) is 4. The van der Waals surface area contributed by atoms with Gasteiger partial charge in [-0.25, -0.2) is 0 Å². The molecule has 3 atom stereocenters. The normalized spacial score (nSPS) is 26.9. The second kappa shape index (κ2) is 7.77. The molecule has 1 aliphatic rings. The van der Waals surface area contributed by atoms with Gasteiger partial charge in [0.1, 0.15) is 0 Å². The van der Waals surface area contributed by atoms with Gasteiger partial charge in [0, 0.05) is 5.92 Å². The van der Waals surface area contributed by atoms with Gasteiger partial charge in [-0.05, 0) is 25.2 Å². The molecule has 1 saturated carbocycles. The van der Waals surface area contributed by atoms with Crippen molar-refractivity contribution in [3.8, 4) is 0 Å². The average Bonchev–Trinajstić information content (AvgIpc) is 2.42. The Morgan fingerprint density at radius 1 is 1.30 bits per heavy atom. The average molecular weight is 283 g/mol. The quantitative estimate of drug-likeness (QED) is 0.604. The number of carboxylic acid groups (broad SMARTS) is 1. The minimum absolute atomic E-state index is 0.0403. The van der Waals surface area contributed by atoms with Crippen molar-refractivity contribution in [2.75, 3.05) is 6.54 Å². The van der Waals surface area contributed by atoms with E-state index in [4.69, 9.17) is 5.73 Å². The van der Waals surface area contributed by atoms with Crippen LogP contribution in [0, 0.1) is 17.3 Å². The third-order valence-electron chi connectivity index (χ3n) is 5.08. The molecule has 0 aromatic rings. The molecule has 0 spiro atoms. The van der Waals surface area contributed by atoms with Gasteiger partial charge in [0.05, 0.1) is 12.0 Å². The lowest BCUT2D eigenvalue weighted by Crippen LogP contribution is -2.54. The van der Waals surface area contributed by atoms with Gasteiger partial charge in [0.15, 0.2) is 5.78 Å². The lowest BCUT2D eigenvalue weighted by Gasteiger charge is -2.49. The van der Waals surface area contributed by atoms with Crippen LogP contribution in [-0.2, 0) is 9.59 Å². The fraction of sp³-hybridized carbons (Fsp3) is 0.875. The third-order valence-corrected chi connectivity index (χ3v) is 5.08. The SMILES string of the molecule is CCCCCCCC(C(=O)CN)C1(C(=O)O)CCC1C. The second-order valence-electron chi connectivity index (χ2n) is 6.21. The fourth-order valence-corrected chi connectivity index (χ4v) is 3.53. The summed E-state index contributed by atoms with van der Waals surface area (Å²) >= 11 is 0. The third kappa shape index (κ3) is 3.40. The molecule has 1 fully saturated rings. The number of hydrogen-bond donors (Lipinski definition) is 2. The predicted molar refractivity (Wildman–Crippen MR) is 79.4 cm³/mol. The van der Waals surface area contributed by atoms with Crippen molar-refractivity contribution >= 4 is 11.8 Å². The minimum Gasteiger partial charge on any atom is -0.481 e. The van der Waals surface area contributed by atoms with Gasteiger partial charge in [0.2, 0.25) is 0 Å². The van der Waals surface area contributed by atoms with E-state index in [1.165, 1.54) is 12.8 Å². The first-order valence-electron chi connectivity index (χ1n) is 7.96. The highest BCUT2D eigenvalue weighted by molar-refractivity contribution is 5.90. The Balaban J connectivity index is 2.69. The van der Waals surface area contributed by atoms with Gasteiger partial charge in [-0.1, -0.05) is 46.0 Å². The van der Waals surface area contributed by atoms with Gasteiger partial charge in [0.25, 0.3) is 0 Å². The van der Waals surface area contributed by atoms with Crippen molar-refractivity contribution in [2.45, 2.75) is 65.2 Å². The maximum absolute atomic E-state index is 12.1. The van der Waals surface area contributed by atoms with Gasteiger partial charge in [-0.2, -0.15) is 0 Å². The molecule has 20 heavy (non-hydrogen) atoms. The van der Waals surface area contributed by atoms with Gasteiger partial charge < -0.3 is 10.8 Å². The molecule has 0 radical (unpaired) electrons. The molecule has 3 N–H and O–H groups in total. The highest BCUT2D eigenvalue weighted by atomic mass is 16.4. The summed E-state index contributed by atoms with van der Waals surface area (Å²) < 4.78 is 0. The summed E-state index contributed by atoms with van der Waals surface area (Å²) in [7, 11) is 0. The van der Waals surface area contributed by atoms with Crippen LogP contribution in [0.15, 0.2) is 0 Å². The zero-order valence-corrected chi connectivity index (χ0v) is 12.9. The highest BCUT2D eigenvalue weighted by Crippen LogP contribution is 2.53. The summed E-state index contributed by atoms with van der Waals surface area (Å²) in [5.41, 5.74) is 4.66. The summed E-state index contributed by atoms with van der Waals surface area (Å²) in [6.07, 6.45) is 7.75. The molecule has 4 heteroatoms. The van der Waals surface area contributed by atoms with Crippen molar-refractivity contribution < 1.29 is 14.7 Å². The molecule has 0 amide bonds. The Bertz CT molecular complexity index is 343. The van der Waals surface area contributed by atoms with E-state index < -0.39 is 17.3 Å². The molecular formula is C16H29NO3. The summed E-state index contributed by atoms with van der Waals surface area (Å²) in [4.78, 5) is 23.9. The molecule has 0 aromatic carbocycles. The Hall–Kier alpha value is -0.900. The number of carboxylic acids is 1. The zero-order chi connectivity index (χ0) is 15.2. The molecule has 0 bridgehead atoms. The molecule has 116 valence electrons. The smallest absolute Gasteiger partial charge is 0.310 e. The van der Waals surface area contributed by atoms with Crippen LogP contribution in [-0.4, -0.2) is 23.4 Å². The van der Waals surface area contributed by atoms with E-state index in [1.807, 2.05) is 6.92 Å². The van der Waals surface area contributed by atoms with Gasteiger partial charge in [-0.3, -0.25) is 9.59 Å². The van der Waals surface area contributed by atoms with Crippen molar-refractivity contribution in [1.82, 2.24) is 0 Å². The highest BCUT2D eigenvalue weighted by Gasteiger charge is 2.57. The first-order chi connectivity index (χ1) is 9.50. The van der Waals surface area contributed by atoms with Crippen LogP contribution < -0.4 is 5.73 Å².